The molecule has 1 saturated carbocycles. The normalized spacial score (nSPS) is 15.2. The second kappa shape index (κ2) is 7.47. The Bertz CT molecular complexity index is 1110. The molecule has 0 bridgehead atoms. The van der Waals surface area contributed by atoms with Gasteiger partial charge in [0.15, 0.2) is 0 Å². The summed E-state index contributed by atoms with van der Waals surface area (Å²) in [5, 5.41) is 3.13. The Kier molecular flexibility index (Phi) is 5.02. The first-order valence-electron chi connectivity index (χ1n) is 9.14. The van der Waals surface area contributed by atoms with Gasteiger partial charge in [-0.25, -0.2) is 9.37 Å². The smallest absolute Gasteiger partial charge is 0.261 e. The van der Waals surface area contributed by atoms with E-state index < -0.39 is 11.4 Å². The zero-order valence-corrected chi connectivity index (χ0v) is 16.7. The SMILES string of the molecule is O=C(Cn1cnc2ccc(F)cc2c1=O)NCC1(c2cccc(Br)c2)CCC1. The van der Waals surface area contributed by atoms with Gasteiger partial charge >= 0.3 is 0 Å². The molecule has 3 aromatic rings. The first-order chi connectivity index (χ1) is 13.5. The Morgan fingerprint density at radius 2 is 2.07 bits per heavy atom. The summed E-state index contributed by atoms with van der Waals surface area (Å²) in [5.41, 5.74) is 1.12. The van der Waals surface area contributed by atoms with Crippen LogP contribution in [0.25, 0.3) is 10.9 Å². The Morgan fingerprint density at radius 1 is 1.25 bits per heavy atom. The third-order valence-electron chi connectivity index (χ3n) is 5.47. The second-order valence-electron chi connectivity index (χ2n) is 7.26. The zero-order valence-electron chi connectivity index (χ0n) is 15.1. The molecule has 1 N–H and O–H groups in total. The highest BCUT2D eigenvalue weighted by molar-refractivity contribution is 9.10. The van der Waals surface area contributed by atoms with Crippen molar-refractivity contribution >= 4 is 32.7 Å². The van der Waals surface area contributed by atoms with Crippen LogP contribution in [0.4, 0.5) is 4.39 Å². The molecule has 1 amide bonds. The number of nitrogens with one attached hydrogen (secondary N) is 1. The van der Waals surface area contributed by atoms with Crippen molar-refractivity contribution in [2.45, 2.75) is 31.2 Å². The molecule has 28 heavy (non-hydrogen) atoms. The number of hydrogen-bond acceptors (Lipinski definition) is 3. The number of carbonyl (C=O) groups is 1. The van der Waals surface area contributed by atoms with Crippen LogP contribution < -0.4 is 10.9 Å². The lowest BCUT2D eigenvalue weighted by molar-refractivity contribution is -0.122. The van der Waals surface area contributed by atoms with Crippen LogP contribution >= 0.6 is 15.9 Å². The summed E-state index contributed by atoms with van der Waals surface area (Å²) in [6, 6.07) is 12.0. The lowest BCUT2D eigenvalue weighted by Crippen LogP contribution is -2.46. The van der Waals surface area contributed by atoms with E-state index in [2.05, 4.69) is 38.4 Å². The topological polar surface area (TPSA) is 64.0 Å². The van der Waals surface area contributed by atoms with Gasteiger partial charge in [-0.2, -0.15) is 0 Å². The number of rotatable bonds is 5. The van der Waals surface area contributed by atoms with Crippen molar-refractivity contribution in [3.8, 4) is 0 Å². The summed E-state index contributed by atoms with van der Waals surface area (Å²) in [6.45, 7) is 0.375. The molecule has 1 aliphatic carbocycles. The van der Waals surface area contributed by atoms with E-state index in [0.717, 1.165) is 29.8 Å². The van der Waals surface area contributed by atoms with Crippen LogP contribution in [0, 0.1) is 5.82 Å². The molecule has 144 valence electrons. The zero-order chi connectivity index (χ0) is 19.7. The van der Waals surface area contributed by atoms with Gasteiger partial charge in [0, 0.05) is 16.4 Å². The van der Waals surface area contributed by atoms with Crippen molar-refractivity contribution in [3.05, 3.63) is 75.0 Å². The van der Waals surface area contributed by atoms with E-state index in [1.807, 2.05) is 12.1 Å². The molecular formula is C21H19BrFN3O2. The largest absolute Gasteiger partial charge is 0.354 e. The monoisotopic (exact) mass is 443 g/mol. The predicted molar refractivity (Wildman–Crippen MR) is 109 cm³/mol. The molecule has 0 saturated heterocycles. The molecule has 7 heteroatoms. The Balaban J connectivity index is 1.48. The van der Waals surface area contributed by atoms with Gasteiger partial charge in [0.1, 0.15) is 12.4 Å². The molecule has 0 atom stereocenters. The van der Waals surface area contributed by atoms with E-state index in [1.165, 1.54) is 28.6 Å². The van der Waals surface area contributed by atoms with E-state index in [-0.39, 0.29) is 23.3 Å². The van der Waals surface area contributed by atoms with Crippen LogP contribution in [0.3, 0.4) is 0 Å². The summed E-state index contributed by atoms with van der Waals surface area (Å²) in [7, 11) is 0. The first kappa shape index (κ1) is 18.8. The number of carbonyl (C=O) groups excluding carboxylic acids is 1. The van der Waals surface area contributed by atoms with E-state index in [1.54, 1.807) is 0 Å². The number of halogens is 2. The van der Waals surface area contributed by atoms with Crippen molar-refractivity contribution in [2.75, 3.05) is 6.54 Å². The third-order valence-corrected chi connectivity index (χ3v) is 5.96. The van der Waals surface area contributed by atoms with Gasteiger partial charge in [0.25, 0.3) is 5.56 Å². The maximum absolute atomic E-state index is 13.4. The lowest BCUT2D eigenvalue weighted by Gasteiger charge is -2.42. The van der Waals surface area contributed by atoms with Crippen molar-refractivity contribution in [1.29, 1.82) is 0 Å². The van der Waals surface area contributed by atoms with Gasteiger partial charge in [-0.15, -0.1) is 0 Å². The number of amides is 1. The summed E-state index contributed by atoms with van der Waals surface area (Å²) >= 11 is 3.51. The van der Waals surface area contributed by atoms with Crippen LogP contribution in [0.2, 0.25) is 0 Å². The maximum Gasteiger partial charge on any atom is 0.261 e. The molecule has 2 aromatic carbocycles. The van der Waals surface area contributed by atoms with Crippen molar-refractivity contribution < 1.29 is 9.18 Å². The molecule has 4 rings (SSSR count). The molecule has 0 spiro atoms. The van der Waals surface area contributed by atoms with Crippen LogP contribution in [-0.2, 0) is 16.8 Å². The minimum Gasteiger partial charge on any atom is -0.354 e. The summed E-state index contributed by atoms with van der Waals surface area (Å²) in [5.74, 6) is -0.768. The molecular weight excluding hydrogens is 425 g/mol. The Labute approximate surface area is 169 Å². The number of nitrogens with zero attached hydrogens (tertiary/aromatic N) is 2. The molecule has 0 radical (unpaired) electrons. The average Bonchev–Trinajstić information content (AvgIpc) is 2.64. The van der Waals surface area contributed by atoms with Crippen molar-refractivity contribution in [2.24, 2.45) is 0 Å². The first-order valence-corrected chi connectivity index (χ1v) is 9.94. The fraction of sp³-hybridized carbons (Fsp3) is 0.286. The Hall–Kier alpha value is -2.54. The van der Waals surface area contributed by atoms with E-state index >= 15 is 0 Å². The van der Waals surface area contributed by atoms with Gasteiger partial charge in [-0.1, -0.05) is 34.5 Å². The number of hydrogen-bond donors (Lipinski definition) is 1. The standard InChI is InChI=1S/C21H19BrFN3O2/c22-15-4-1-3-14(9-15)21(7-2-8-21)12-24-19(27)11-26-13-25-18-6-5-16(23)10-17(18)20(26)28/h1,3-6,9-10,13H,2,7-8,11-12H2,(H,24,27). The number of benzene rings is 2. The quantitative estimate of drug-likeness (QED) is 0.655. The summed E-state index contributed by atoms with van der Waals surface area (Å²) < 4.78 is 15.7. The number of aromatic nitrogens is 2. The van der Waals surface area contributed by atoms with Crippen LogP contribution in [-0.4, -0.2) is 22.0 Å². The van der Waals surface area contributed by atoms with Gasteiger partial charge in [-0.05, 0) is 48.7 Å². The molecule has 1 aromatic heterocycles. The van der Waals surface area contributed by atoms with Crippen LogP contribution in [0.15, 0.2) is 58.1 Å². The molecule has 0 aliphatic heterocycles. The van der Waals surface area contributed by atoms with E-state index in [0.29, 0.717) is 12.1 Å². The highest BCUT2D eigenvalue weighted by Gasteiger charge is 2.38. The predicted octanol–water partition coefficient (Wildman–Crippen LogP) is 3.54. The minimum absolute atomic E-state index is 0.0604. The van der Waals surface area contributed by atoms with E-state index in [4.69, 9.17) is 0 Å². The van der Waals surface area contributed by atoms with Crippen molar-refractivity contribution in [3.63, 3.8) is 0 Å². The lowest BCUT2D eigenvalue weighted by atomic mass is 9.64. The minimum atomic E-state index is -0.505. The average molecular weight is 444 g/mol. The fourth-order valence-electron chi connectivity index (χ4n) is 3.71. The molecule has 5 nitrogen and oxygen atoms in total. The van der Waals surface area contributed by atoms with Crippen LogP contribution in [0.1, 0.15) is 24.8 Å². The maximum atomic E-state index is 13.4. The fourth-order valence-corrected chi connectivity index (χ4v) is 4.11. The van der Waals surface area contributed by atoms with Crippen molar-refractivity contribution in [1.82, 2.24) is 14.9 Å². The summed E-state index contributed by atoms with van der Waals surface area (Å²) in [4.78, 5) is 29.1. The second-order valence-corrected chi connectivity index (χ2v) is 8.18. The highest BCUT2D eigenvalue weighted by Crippen LogP contribution is 2.43. The molecule has 1 aliphatic rings. The molecule has 1 fully saturated rings. The van der Waals surface area contributed by atoms with Gasteiger partial charge < -0.3 is 5.32 Å². The molecule has 0 unspecified atom stereocenters. The van der Waals surface area contributed by atoms with Gasteiger partial charge in [-0.3, -0.25) is 14.2 Å². The third kappa shape index (κ3) is 3.58. The number of fused-ring (bicyclic) bond motifs is 1. The van der Waals surface area contributed by atoms with Gasteiger partial charge in [0.05, 0.1) is 17.2 Å². The Morgan fingerprint density at radius 3 is 2.79 bits per heavy atom. The van der Waals surface area contributed by atoms with Gasteiger partial charge in [0.2, 0.25) is 5.91 Å². The summed E-state index contributed by atoms with van der Waals surface area (Å²) in [6.07, 6.45) is 4.48. The highest BCUT2D eigenvalue weighted by atomic mass is 79.9. The molecule has 1 heterocycles. The van der Waals surface area contributed by atoms with Crippen LogP contribution in [0.5, 0.6) is 0 Å². The van der Waals surface area contributed by atoms with E-state index in [9.17, 15) is 14.0 Å².